The highest BCUT2D eigenvalue weighted by Gasteiger charge is 2.27. The second-order valence-corrected chi connectivity index (χ2v) is 6.75. The van der Waals surface area contributed by atoms with Crippen LogP contribution in [0.25, 0.3) is 0 Å². The van der Waals surface area contributed by atoms with Gasteiger partial charge in [-0.1, -0.05) is 25.7 Å². The maximum absolute atomic E-state index is 12.1. The molecular formula is C16H31ClN4O2. The fourth-order valence-electron chi connectivity index (χ4n) is 3.63. The first-order chi connectivity index (χ1) is 10.6. The molecule has 6 nitrogen and oxygen atoms in total. The van der Waals surface area contributed by atoms with Crippen LogP contribution in [0.2, 0.25) is 0 Å². The molecule has 23 heavy (non-hydrogen) atoms. The van der Waals surface area contributed by atoms with Crippen molar-refractivity contribution >= 4 is 24.3 Å². The lowest BCUT2D eigenvalue weighted by atomic mass is 9.96. The van der Waals surface area contributed by atoms with Crippen molar-refractivity contribution in [2.24, 2.45) is 5.73 Å². The van der Waals surface area contributed by atoms with Gasteiger partial charge in [-0.25, -0.2) is 4.79 Å². The standard InChI is InChI=1S/C16H30N4O2.ClH/c1-12(17)14-9-5-6-10-20(14)11-15(21)19-16(22)18-13-7-3-2-4-8-13;/h12-14H,2-11,17H2,1H3,(H2,18,19,21,22);1H. The van der Waals surface area contributed by atoms with E-state index in [4.69, 9.17) is 5.73 Å². The highest BCUT2D eigenvalue weighted by molar-refractivity contribution is 5.95. The molecule has 0 aromatic heterocycles. The number of carbonyl (C=O) groups is 2. The van der Waals surface area contributed by atoms with Gasteiger partial charge in [0, 0.05) is 18.1 Å². The third kappa shape index (κ3) is 6.65. The van der Waals surface area contributed by atoms with Crippen LogP contribution in [-0.2, 0) is 4.79 Å². The van der Waals surface area contributed by atoms with E-state index in [0.717, 1.165) is 51.5 Å². The van der Waals surface area contributed by atoms with Crippen LogP contribution in [0.4, 0.5) is 4.79 Å². The molecule has 7 heteroatoms. The van der Waals surface area contributed by atoms with Gasteiger partial charge < -0.3 is 11.1 Å². The molecule has 0 aromatic carbocycles. The lowest BCUT2D eigenvalue weighted by molar-refractivity contribution is -0.122. The molecule has 2 fully saturated rings. The summed E-state index contributed by atoms with van der Waals surface area (Å²) in [6.07, 6.45) is 8.86. The molecule has 0 bridgehead atoms. The molecule has 2 rings (SSSR count). The molecule has 0 aromatic rings. The third-order valence-electron chi connectivity index (χ3n) is 4.81. The molecule has 134 valence electrons. The number of piperidine rings is 1. The highest BCUT2D eigenvalue weighted by atomic mass is 35.5. The summed E-state index contributed by atoms with van der Waals surface area (Å²) in [5.41, 5.74) is 6.01. The number of carbonyl (C=O) groups excluding carboxylic acids is 2. The molecule has 1 aliphatic heterocycles. The van der Waals surface area contributed by atoms with Gasteiger partial charge >= 0.3 is 6.03 Å². The van der Waals surface area contributed by atoms with Crippen molar-refractivity contribution in [3.63, 3.8) is 0 Å². The van der Waals surface area contributed by atoms with Gasteiger partial charge in [0.05, 0.1) is 6.54 Å². The van der Waals surface area contributed by atoms with E-state index in [1.807, 2.05) is 6.92 Å². The van der Waals surface area contributed by atoms with Gasteiger partial charge in [-0.15, -0.1) is 12.4 Å². The maximum atomic E-state index is 12.1. The van der Waals surface area contributed by atoms with E-state index in [0.29, 0.717) is 0 Å². The first-order valence-corrected chi connectivity index (χ1v) is 8.66. The SMILES string of the molecule is CC(N)C1CCCCN1CC(=O)NC(=O)NC1CCCCC1.Cl. The molecule has 1 heterocycles. The number of halogens is 1. The van der Waals surface area contributed by atoms with E-state index < -0.39 is 0 Å². The van der Waals surface area contributed by atoms with E-state index in [1.165, 1.54) is 6.42 Å². The van der Waals surface area contributed by atoms with Crippen molar-refractivity contribution in [2.45, 2.75) is 76.4 Å². The van der Waals surface area contributed by atoms with Gasteiger partial charge in [-0.05, 0) is 39.2 Å². The smallest absolute Gasteiger partial charge is 0.321 e. The Hall–Kier alpha value is -0.850. The summed E-state index contributed by atoms with van der Waals surface area (Å²) in [7, 11) is 0. The van der Waals surface area contributed by atoms with E-state index in [1.54, 1.807) is 0 Å². The third-order valence-corrected chi connectivity index (χ3v) is 4.81. The van der Waals surface area contributed by atoms with Crippen LogP contribution in [0.15, 0.2) is 0 Å². The number of amides is 3. The topological polar surface area (TPSA) is 87.5 Å². The minimum absolute atomic E-state index is 0. The molecule has 2 aliphatic rings. The summed E-state index contributed by atoms with van der Waals surface area (Å²) in [6.45, 7) is 3.12. The zero-order chi connectivity index (χ0) is 15.9. The Bertz CT molecular complexity index is 386. The first-order valence-electron chi connectivity index (χ1n) is 8.66. The number of imide groups is 1. The van der Waals surface area contributed by atoms with Gasteiger partial charge in [0.25, 0.3) is 0 Å². The van der Waals surface area contributed by atoms with Crippen LogP contribution in [0, 0.1) is 0 Å². The number of nitrogens with two attached hydrogens (primary N) is 1. The summed E-state index contributed by atoms with van der Waals surface area (Å²) in [6, 6.07) is 0.143. The Morgan fingerprint density at radius 3 is 2.43 bits per heavy atom. The quantitative estimate of drug-likeness (QED) is 0.724. The summed E-state index contributed by atoms with van der Waals surface area (Å²) >= 11 is 0. The number of hydrogen-bond acceptors (Lipinski definition) is 4. The molecule has 0 radical (unpaired) electrons. The average Bonchev–Trinajstić information content (AvgIpc) is 2.48. The highest BCUT2D eigenvalue weighted by Crippen LogP contribution is 2.19. The molecule has 2 unspecified atom stereocenters. The monoisotopic (exact) mass is 346 g/mol. The molecule has 1 aliphatic carbocycles. The number of nitrogens with zero attached hydrogens (tertiary/aromatic N) is 1. The maximum Gasteiger partial charge on any atom is 0.321 e. The Morgan fingerprint density at radius 1 is 1.13 bits per heavy atom. The van der Waals surface area contributed by atoms with Crippen LogP contribution in [0.1, 0.15) is 58.3 Å². The summed E-state index contributed by atoms with van der Waals surface area (Å²) in [4.78, 5) is 26.1. The van der Waals surface area contributed by atoms with E-state index in [9.17, 15) is 9.59 Å². The summed E-state index contributed by atoms with van der Waals surface area (Å²) in [5, 5.41) is 5.37. The number of likely N-dealkylation sites (tertiary alicyclic amines) is 1. The lowest BCUT2D eigenvalue weighted by Gasteiger charge is -2.37. The fourth-order valence-corrected chi connectivity index (χ4v) is 3.63. The Morgan fingerprint density at radius 2 is 1.78 bits per heavy atom. The van der Waals surface area contributed by atoms with Crippen molar-refractivity contribution in [1.29, 1.82) is 0 Å². The number of rotatable bonds is 4. The summed E-state index contributed by atoms with van der Waals surface area (Å²) in [5.74, 6) is -0.235. The van der Waals surface area contributed by atoms with Crippen molar-refractivity contribution < 1.29 is 9.59 Å². The predicted octanol–water partition coefficient (Wildman–Crippen LogP) is 1.77. The Labute approximate surface area is 145 Å². The van der Waals surface area contributed by atoms with E-state index in [-0.39, 0.29) is 49.0 Å². The lowest BCUT2D eigenvalue weighted by Crippen LogP contribution is -2.54. The number of nitrogens with one attached hydrogen (secondary N) is 2. The predicted molar refractivity (Wildman–Crippen MR) is 93.7 cm³/mol. The van der Waals surface area contributed by atoms with Crippen molar-refractivity contribution in [3.05, 3.63) is 0 Å². The van der Waals surface area contributed by atoms with Crippen LogP contribution >= 0.6 is 12.4 Å². The Balaban J connectivity index is 0.00000264. The molecular weight excluding hydrogens is 316 g/mol. The molecule has 3 amide bonds. The minimum atomic E-state index is -0.355. The van der Waals surface area contributed by atoms with Crippen LogP contribution in [0.5, 0.6) is 0 Å². The minimum Gasteiger partial charge on any atom is -0.335 e. The zero-order valence-electron chi connectivity index (χ0n) is 14.1. The average molecular weight is 347 g/mol. The molecule has 0 spiro atoms. The first kappa shape index (κ1) is 20.2. The van der Waals surface area contributed by atoms with Crippen LogP contribution in [-0.4, -0.2) is 48.1 Å². The molecule has 4 N–H and O–H groups in total. The van der Waals surface area contributed by atoms with Gasteiger partial charge in [-0.2, -0.15) is 0 Å². The van der Waals surface area contributed by atoms with Crippen LogP contribution < -0.4 is 16.4 Å². The molecule has 1 saturated heterocycles. The largest absolute Gasteiger partial charge is 0.335 e. The van der Waals surface area contributed by atoms with Crippen LogP contribution in [0.3, 0.4) is 0 Å². The normalized spacial score (nSPS) is 24.3. The van der Waals surface area contributed by atoms with Gasteiger partial charge in [0.2, 0.25) is 5.91 Å². The second kappa shape index (κ2) is 10.1. The molecule has 2 atom stereocenters. The number of urea groups is 1. The van der Waals surface area contributed by atoms with Crippen molar-refractivity contribution in [2.75, 3.05) is 13.1 Å². The molecule has 1 saturated carbocycles. The zero-order valence-corrected chi connectivity index (χ0v) is 14.9. The fraction of sp³-hybridized carbons (Fsp3) is 0.875. The van der Waals surface area contributed by atoms with Crippen molar-refractivity contribution in [1.82, 2.24) is 15.5 Å². The Kier molecular flexibility index (Phi) is 8.87. The van der Waals surface area contributed by atoms with Gasteiger partial charge in [-0.3, -0.25) is 15.0 Å². The van der Waals surface area contributed by atoms with E-state index >= 15 is 0 Å². The number of hydrogen-bond donors (Lipinski definition) is 3. The van der Waals surface area contributed by atoms with Gasteiger partial charge in [0.15, 0.2) is 0 Å². The summed E-state index contributed by atoms with van der Waals surface area (Å²) < 4.78 is 0. The van der Waals surface area contributed by atoms with E-state index in [2.05, 4.69) is 15.5 Å². The second-order valence-electron chi connectivity index (χ2n) is 6.75. The van der Waals surface area contributed by atoms with Gasteiger partial charge in [0.1, 0.15) is 0 Å². The van der Waals surface area contributed by atoms with Crippen molar-refractivity contribution in [3.8, 4) is 0 Å².